The SMILES string of the molecule is CN(C)CCN(Cc1ccsc1)C(=O)Cc1ccncc1. The zero-order valence-corrected chi connectivity index (χ0v) is 13.3. The summed E-state index contributed by atoms with van der Waals surface area (Å²) in [6.07, 6.45) is 3.89. The minimum atomic E-state index is 0.161. The molecule has 0 atom stereocenters. The Morgan fingerprint density at radius 3 is 2.52 bits per heavy atom. The maximum absolute atomic E-state index is 12.5. The summed E-state index contributed by atoms with van der Waals surface area (Å²) in [6.45, 7) is 2.29. The molecule has 0 N–H and O–H groups in total. The summed E-state index contributed by atoms with van der Waals surface area (Å²) < 4.78 is 0. The molecule has 0 aromatic carbocycles. The predicted molar refractivity (Wildman–Crippen MR) is 86.2 cm³/mol. The van der Waals surface area contributed by atoms with Crippen molar-refractivity contribution in [2.75, 3.05) is 27.2 Å². The molecule has 0 spiro atoms. The standard InChI is InChI=1S/C16H21N3OS/c1-18(2)8-9-19(12-15-5-10-21-13-15)16(20)11-14-3-6-17-7-4-14/h3-7,10,13H,8-9,11-12H2,1-2H3. The Labute approximate surface area is 130 Å². The van der Waals surface area contributed by atoms with Crippen LogP contribution in [0.15, 0.2) is 41.4 Å². The summed E-state index contributed by atoms with van der Waals surface area (Å²) in [7, 11) is 4.05. The molecule has 21 heavy (non-hydrogen) atoms. The average Bonchev–Trinajstić information content (AvgIpc) is 2.97. The second-order valence-corrected chi connectivity index (χ2v) is 6.06. The third-order valence-electron chi connectivity index (χ3n) is 3.23. The van der Waals surface area contributed by atoms with Crippen LogP contribution in [-0.2, 0) is 17.8 Å². The molecule has 0 saturated heterocycles. The minimum Gasteiger partial charge on any atom is -0.337 e. The van der Waals surface area contributed by atoms with Crippen molar-refractivity contribution >= 4 is 17.2 Å². The monoisotopic (exact) mass is 303 g/mol. The molecule has 2 heterocycles. The van der Waals surface area contributed by atoms with Gasteiger partial charge in [0.1, 0.15) is 0 Å². The highest BCUT2D eigenvalue weighted by Gasteiger charge is 2.15. The van der Waals surface area contributed by atoms with Gasteiger partial charge in [-0.15, -0.1) is 0 Å². The molecule has 5 heteroatoms. The first-order valence-electron chi connectivity index (χ1n) is 6.97. The van der Waals surface area contributed by atoms with Gasteiger partial charge in [0.25, 0.3) is 0 Å². The largest absolute Gasteiger partial charge is 0.337 e. The number of aromatic nitrogens is 1. The van der Waals surface area contributed by atoms with Gasteiger partial charge in [-0.2, -0.15) is 11.3 Å². The van der Waals surface area contributed by atoms with Crippen LogP contribution >= 0.6 is 11.3 Å². The Balaban J connectivity index is 2.01. The zero-order chi connectivity index (χ0) is 15.1. The van der Waals surface area contributed by atoms with E-state index in [0.29, 0.717) is 13.0 Å². The maximum atomic E-state index is 12.5. The molecule has 0 aliphatic carbocycles. The van der Waals surface area contributed by atoms with Crippen molar-refractivity contribution in [1.82, 2.24) is 14.8 Å². The Hall–Kier alpha value is -1.72. The van der Waals surface area contributed by atoms with Gasteiger partial charge in [0.2, 0.25) is 5.91 Å². The summed E-state index contributed by atoms with van der Waals surface area (Å²) >= 11 is 1.67. The van der Waals surface area contributed by atoms with Gasteiger partial charge in [0.15, 0.2) is 0 Å². The van der Waals surface area contributed by atoms with Crippen molar-refractivity contribution in [2.24, 2.45) is 0 Å². The summed E-state index contributed by atoms with van der Waals surface area (Å²) in [4.78, 5) is 20.6. The van der Waals surface area contributed by atoms with Crippen LogP contribution in [0.5, 0.6) is 0 Å². The highest BCUT2D eigenvalue weighted by Crippen LogP contribution is 2.11. The first-order chi connectivity index (χ1) is 10.1. The van der Waals surface area contributed by atoms with Crippen molar-refractivity contribution in [2.45, 2.75) is 13.0 Å². The number of amides is 1. The topological polar surface area (TPSA) is 36.4 Å². The second kappa shape index (κ2) is 7.90. The molecule has 0 fully saturated rings. The van der Waals surface area contributed by atoms with Gasteiger partial charge in [-0.3, -0.25) is 9.78 Å². The number of carbonyl (C=O) groups excluding carboxylic acids is 1. The summed E-state index contributed by atoms with van der Waals surface area (Å²) in [6, 6.07) is 5.87. The van der Waals surface area contributed by atoms with Crippen LogP contribution in [-0.4, -0.2) is 47.9 Å². The molecule has 0 unspecified atom stereocenters. The highest BCUT2D eigenvalue weighted by atomic mass is 32.1. The van der Waals surface area contributed by atoms with Crippen molar-refractivity contribution in [3.63, 3.8) is 0 Å². The van der Waals surface area contributed by atoms with Crippen molar-refractivity contribution in [3.05, 3.63) is 52.5 Å². The normalized spacial score (nSPS) is 10.8. The Morgan fingerprint density at radius 1 is 1.14 bits per heavy atom. The maximum Gasteiger partial charge on any atom is 0.227 e. The first-order valence-corrected chi connectivity index (χ1v) is 7.92. The molecule has 2 aromatic rings. The third kappa shape index (κ3) is 5.28. The summed E-state index contributed by atoms with van der Waals surface area (Å²) in [5, 5.41) is 4.15. The fourth-order valence-electron chi connectivity index (χ4n) is 2.00. The van der Waals surface area contributed by atoms with E-state index >= 15 is 0 Å². The first kappa shape index (κ1) is 15.7. The number of likely N-dealkylation sites (N-methyl/N-ethyl adjacent to an activating group) is 1. The number of pyridine rings is 1. The van der Waals surface area contributed by atoms with Crippen molar-refractivity contribution < 1.29 is 4.79 Å². The van der Waals surface area contributed by atoms with E-state index in [1.165, 1.54) is 5.56 Å². The molecule has 0 aliphatic rings. The Kier molecular flexibility index (Phi) is 5.90. The van der Waals surface area contributed by atoms with E-state index in [1.807, 2.05) is 36.5 Å². The fraction of sp³-hybridized carbons (Fsp3) is 0.375. The highest BCUT2D eigenvalue weighted by molar-refractivity contribution is 7.07. The lowest BCUT2D eigenvalue weighted by molar-refractivity contribution is -0.131. The van der Waals surface area contributed by atoms with Crippen LogP contribution in [0.4, 0.5) is 0 Å². The smallest absolute Gasteiger partial charge is 0.227 e. The number of carbonyl (C=O) groups is 1. The lowest BCUT2D eigenvalue weighted by Gasteiger charge is -2.24. The van der Waals surface area contributed by atoms with Crippen LogP contribution < -0.4 is 0 Å². The van der Waals surface area contributed by atoms with Gasteiger partial charge >= 0.3 is 0 Å². The van der Waals surface area contributed by atoms with E-state index in [0.717, 1.165) is 18.7 Å². The summed E-state index contributed by atoms with van der Waals surface area (Å²) in [5.74, 6) is 0.161. The van der Waals surface area contributed by atoms with Gasteiger partial charge in [-0.05, 0) is 54.2 Å². The van der Waals surface area contributed by atoms with E-state index in [1.54, 1.807) is 23.7 Å². The predicted octanol–water partition coefficient (Wildman–Crippen LogP) is 2.28. The van der Waals surface area contributed by atoms with Crippen LogP contribution in [0.25, 0.3) is 0 Å². The van der Waals surface area contributed by atoms with Gasteiger partial charge in [-0.25, -0.2) is 0 Å². The molecule has 0 saturated carbocycles. The van der Waals surface area contributed by atoms with Crippen molar-refractivity contribution in [3.8, 4) is 0 Å². The van der Waals surface area contributed by atoms with Crippen LogP contribution in [0.1, 0.15) is 11.1 Å². The van der Waals surface area contributed by atoms with E-state index < -0.39 is 0 Å². The Morgan fingerprint density at radius 2 is 1.90 bits per heavy atom. The lowest BCUT2D eigenvalue weighted by atomic mass is 10.1. The van der Waals surface area contributed by atoms with Gasteiger partial charge in [-0.1, -0.05) is 0 Å². The number of hydrogen-bond donors (Lipinski definition) is 0. The number of hydrogen-bond acceptors (Lipinski definition) is 4. The quantitative estimate of drug-likeness (QED) is 0.787. The molecule has 112 valence electrons. The average molecular weight is 303 g/mol. The number of thiophene rings is 1. The number of rotatable bonds is 7. The van der Waals surface area contributed by atoms with E-state index in [2.05, 4.69) is 21.3 Å². The fourth-order valence-corrected chi connectivity index (χ4v) is 2.66. The number of nitrogens with zero attached hydrogens (tertiary/aromatic N) is 3. The van der Waals surface area contributed by atoms with Crippen LogP contribution in [0.3, 0.4) is 0 Å². The molecule has 0 bridgehead atoms. The molecule has 4 nitrogen and oxygen atoms in total. The van der Waals surface area contributed by atoms with E-state index in [4.69, 9.17) is 0 Å². The zero-order valence-electron chi connectivity index (χ0n) is 12.5. The lowest BCUT2D eigenvalue weighted by Crippen LogP contribution is -2.37. The molecule has 2 aromatic heterocycles. The van der Waals surface area contributed by atoms with Crippen LogP contribution in [0.2, 0.25) is 0 Å². The Bertz CT molecular complexity index is 540. The third-order valence-corrected chi connectivity index (χ3v) is 3.96. The molecule has 1 amide bonds. The minimum absolute atomic E-state index is 0.161. The van der Waals surface area contributed by atoms with Crippen molar-refractivity contribution in [1.29, 1.82) is 0 Å². The van der Waals surface area contributed by atoms with Gasteiger partial charge in [0.05, 0.1) is 6.42 Å². The molecular weight excluding hydrogens is 282 g/mol. The molecule has 2 rings (SSSR count). The molecule has 0 radical (unpaired) electrons. The van der Waals surface area contributed by atoms with Crippen LogP contribution in [0, 0.1) is 0 Å². The van der Waals surface area contributed by atoms with E-state index in [9.17, 15) is 4.79 Å². The van der Waals surface area contributed by atoms with Gasteiger partial charge in [0, 0.05) is 32.0 Å². The molecule has 0 aliphatic heterocycles. The summed E-state index contributed by atoms with van der Waals surface area (Å²) in [5.41, 5.74) is 2.21. The second-order valence-electron chi connectivity index (χ2n) is 5.28. The van der Waals surface area contributed by atoms with E-state index in [-0.39, 0.29) is 5.91 Å². The van der Waals surface area contributed by atoms with Gasteiger partial charge < -0.3 is 9.80 Å². The molecular formula is C16H21N3OS.